The van der Waals surface area contributed by atoms with Crippen molar-refractivity contribution in [1.82, 2.24) is 9.38 Å². The number of aromatic nitrogens is 2. The number of benzene rings is 3. The van der Waals surface area contributed by atoms with Crippen LogP contribution in [0, 0.1) is 0 Å². The third-order valence-corrected chi connectivity index (χ3v) is 5.34. The van der Waals surface area contributed by atoms with Crippen molar-refractivity contribution in [2.75, 3.05) is 5.32 Å². The minimum Gasteiger partial charge on any atom is -0.365 e. The van der Waals surface area contributed by atoms with Crippen LogP contribution in [0.5, 0.6) is 0 Å². The van der Waals surface area contributed by atoms with Gasteiger partial charge in [-0.05, 0) is 22.4 Å². The smallest absolute Gasteiger partial charge is 0.195 e. The van der Waals surface area contributed by atoms with Gasteiger partial charge in [0, 0.05) is 23.7 Å². The van der Waals surface area contributed by atoms with Crippen LogP contribution >= 0.6 is 11.3 Å². The van der Waals surface area contributed by atoms with E-state index in [1.54, 1.807) is 11.3 Å². The molecular weight excluding hydrogens is 338 g/mol. The molecule has 3 nitrogen and oxygen atoms in total. The van der Waals surface area contributed by atoms with Gasteiger partial charge >= 0.3 is 0 Å². The Morgan fingerprint density at radius 1 is 0.885 bits per heavy atom. The molecule has 0 atom stereocenters. The lowest BCUT2D eigenvalue weighted by atomic mass is 10.1. The first-order valence-corrected chi connectivity index (χ1v) is 9.49. The van der Waals surface area contributed by atoms with Gasteiger partial charge in [0.1, 0.15) is 11.5 Å². The largest absolute Gasteiger partial charge is 0.365 e. The lowest BCUT2D eigenvalue weighted by molar-refractivity contribution is 1.09. The molecule has 0 unspecified atom stereocenters. The Morgan fingerprint density at radius 2 is 1.69 bits per heavy atom. The van der Waals surface area contributed by atoms with E-state index in [9.17, 15) is 0 Å². The number of nitrogens with zero attached hydrogens (tertiary/aromatic N) is 2. The van der Waals surface area contributed by atoms with Crippen molar-refractivity contribution in [3.63, 3.8) is 0 Å². The maximum atomic E-state index is 4.88. The van der Waals surface area contributed by atoms with Gasteiger partial charge in [0.15, 0.2) is 4.96 Å². The van der Waals surface area contributed by atoms with Gasteiger partial charge < -0.3 is 5.32 Å². The van der Waals surface area contributed by atoms with Crippen LogP contribution in [0.15, 0.2) is 84.4 Å². The van der Waals surface area contributed by atoms with Crippen LogP contribution in [-0.2, 0) is 6.54 Å². The molecule has 5 aromatic rings. The molecule has 0 aliphatic carbocycles. The number of thiazole rings is 1. The molecule has 0 spiro atoms. The van der Waals surface area contributed by atoms with Gasteiger partial charge in [0.05, 0.1) is 0 Å². The molecule has 0 aliphatic heterocycles. The Balaban J connectivity index is 1.59. The SMILES string of the molecule is c1ccc(CNc2c(-c3ccc4ccccc4c3)nc3sccn23)cc1. The van der Waals surface area contributed by atoms with Crippen molar-refractivity contribution >= 4 is 32.9 Å². The molecule has 0 aliphatic rings. The van der Waals surface area contributed by atoms with Crippen molar-refractivity contribution < 1.29 is 0 Å². The normalized spacial score (nSPS) is 11.2. The lowest BCUT2D eigenvalue weighted by Crippen LogP contribution is -2.02. The first-order valence-electron chi connectivity index (χ1n) is 8.61. The molecule has 4 heteroatoms. The summed E-state index contributed by atoms with van der Waals surface area (Å²) in [6.45, 7) is 0.769. The Morgan fingerprint density at radius 3 is 2.58 bits per heavy atom. The number of fused-ring (bicyclic) bond motifs is 2. The number of hydrogen-bond acceptors (Lipinski definition) is 3. The molecule has 26 heavy (non-hydrogen) atoms. The number of nitrogens with one attached hydrogen (secondary N) is 1. The molecule has 126 valence electrons. The Kier molecular flexibility index (Phi) is 3.68. The van der Waals surface area contributed by atoms with Crippen LogP contribution in [-0.4, -0.2) is 9.38 Å². The predicted molar refractivity (Wildman–Crippen MR) is 110 cm³/mol. The van der Waals surface area contributed by atoms with Crippen molar-refractivity contribution in [3.8, 4) is 11.3 Å². The van der Waals surface area contributed by atoms with Gasteiger partial charge in [-0.25, -0.2) is 4.98 Å². The zero-order valence-corrected chi connectivity index (χ0v) is 14.9. The molecule has 0 radical (unpaired) electrons. The van der Waals surface area contributed by atoms with Gasteiger partial charge in [0.25, 0.3) is 0 Å². The molecule has 0 saturated heterocycles. The number of anilines is 1. The molecule has 0 saturated carbocycles. The van der Waals surface area contributed by atoms with Crippen LogP contribution in [0.4, 0.5) is 5.82 Å². The van der Waals surface area contributed by atoms with Gasteiger partial charge in [-0.15, -0.1) is 11.3 Å². The van der Waals surface area contributed by atoms with Crippen molar-refractivity contribution in [3.05, 3.63) is 89.9 Å². The van der Waals surface area contributed by atoms with Crippen molar-refractivity contribution in [2.24, 2.45) is 0 Å². The average Bonchev–Trinajstić information content (AvgIpc) is 3.28. The van der Waals surface area contributed by atoms with Crippen molar-refractivity contribution in [1.29, 1.82) is 0 Å². The molecule has 0 amide bonds. The summed E-state index contributed by atoms with van der Waals surface area (Å²) in [6, 6.07) is 25.4. The Labute approximate surface area is 155 Å². The summed E-state index contributed by atoms with van der Waals surface area (Å²) < 4.78 is 2.14. The highest BCUT2D eigenvalue weighted by Crippen LogP contribution is 2.32. The fourth-order valence-electron chi connectivity index (χ4n) is 3.27. The van der Waals surface area contributed by atoms with E-state index in [-0.39, 0.29) is 0 Å². The molecule has 0 fully saturated rings. The second-order valence-electron chi connectivity index (χ2n) is 6.27. The fraction of sp³-hybridized carbons (Fsp3) is 0.0455. The lowest BCUT2D eigenvalue weighted by Gasteiger charge is -2.09. The quantitative estimate of drug-likeness (QED) is 0.439. The van der Waals surface area contributed by atoms with Gasteiger partial charge in [-0.2, -0.15) is 0 Å². The summed E-state index contributed by atoms with van der Waals surface area (Å²) in [5, 5.41) is 8.14. The molecule has 0 bridgehead atoms. The summed E-state index contributed by atoms with van der Waals surface area (Å²) in [7, 11) is 0. The van der Waals surface area contributed by atoms with E-state index < -0.39 is 0 Å². The van der Waals surface area contributed by atoms with Gasteiger partial charge in [0.2, 0.25) is 0 Å². The number of hydrogen-bond donors (Lipinski definition) is 1. The number of rotatable bonds is 4. The van der Waals surface area contributed by atoms with Crippen LogP contribution in [0.25, 0.3) is 27.0 Å². The fourth-order valence-corrected chi connectivity index (χ4v) is 3.99. The Bertz CT molecular complexity index is 1190. The third-order valence-electron chi connectivity index (χ3n) is 4.59. The topological polar surface area (TPSA) is 29.3 Å². The maximum absolute atomic E-state index is 4.88. The van der Waals surface area contributed by atoms with E-state index in [1.165, 1.54) is 16.3 Å². The molecular formula is C22H17N3S. The first kappa shape index (κ1) is 15.2. The summed E-state index contributed by atoms with van der Waals surface area (Å²) >= 11 is 1.65. The highest BCUT2D eigenvalue weighted by molar-refractivity contribution is 7.15. The molecule has 2 aromatic heterocycles. The maximum Gasteiger partial charge on any atom is 0.195 e. The standard InChI is InChI=1S/C22H17N3S/c1-2-6-16(7-3-1)15-23-21-20(24-22-25(21)12-13-26-22)19-11-10-17-8-4-5-9-18(17)14-19/h1-14,23H,15H2. The van der Waals surface area contributed by atoms with E-state index >= 15 is 0 Å². The van der Waals surface area contributed by atoms with E-state index in [0.717, 1.165) is 28.6 Å². The van der Waals surface area contributed by atoms with Crippen LogP contribution < -0.4 is 5.32 Å². The van der Waals surface area contributed by atoms with Crippen molar-refractivity contribution in [2.45, 2.75) is 6.54 Å². The highest BCUT2D eigenvalue weighted by atomic mass is 32.1. The zero-order chi connectivity index (χ0) is 17.3. The minimum atomic E-state index is 0.769. The van der Waals surface area contributed by atoms with Gasteiger partial charge in [-0.3, -0.25) is 4.40 Å². The van der Waals surface area contributed by atoms with E-state index in [2.05, 4.69) is 88.0 Å². The molecule has 3 aromatic carbocycles. The summed E-state index contributed by atoms with van der Waals surface area (Å²) in [5.41, 5.74) is 3.39. The number of imidazole rings is 1. The second kappa shape index (κ2) is 6.32. The molecule has 1 N–H and O–H groups in total. The monoisotopic (exact) mass is 355 g/mol. The minimum absolute atomic E-state index is 0.769. The first-order chi connectivity index (χ1) is 12.9. The summed E-state index contributed by atoms with van der Waals surface area (Å²) in [6.07, 6.45) is 2.07. The van der Waals surface area contributed by atoms with Crippen LogP contribution in [0.3, 0.4) is 0 Å². The highest BCUT2D eigenvalue weighted by Gasteiger charge is 2.15. The molecule has 2 heterocycles. The zero-order valence-electron chi connectivity index (χ0n) is 14.1. The Hall–Kier alpha value is -3.11. The second-order valence-corrected chi connectivity index (χ2v) is 7.14. The van der Waals surface area contributed by atoms with E-state index in [4.69, 9.17) is 4.98 Å². The van der Waals surface area contributed by atoms with Gasteiger partial charge in [-0.1, -0.05) is 66.7 Å². The van der Waals surface area contributed by atoms with E-state index in [1.807, 2.05) is 6.07 Å². The van der Waals surface area contributed by atoms with E-state index in [0.29, 0.717) is 0 Å². The molecule has 5 rings (SSSR count). The predicted octanol–water partition coefficient (Wildman–Crippen LogP) is 5.83. The van der Waals surface area contributed by atoms with Crippen LogP contribution in [0.1, 0.15) is 5.56 Å². The summed E-state index contributed by atoms with van der Waals surface area (Å²) in [4.78, 5) is 5.88. The third kappa shape index (κ3) is 2.65. The summed E-state index contributed by atoms with van der Waals surface area (Å²) in [5.74, 6) is 1.04. The average molecular weight is 355 g/mol. The van der Waals surface area contributed by atoms with Crippen LogP contribution in [0.2, 0.25) is 0 Å².